The molecule has 1 aliphatic heterocycles. The molecule has 7 nitrogen and oxygen atoms in total. The summed E-state index contributed by atoms with van der Waals surface area (Å²) in [5.41, 5.74) is 1.48. The Balaban J connectivity index is 2.15. The van der Waals surface area contributed by atoms with Crippen LogP contribution in [0.15, 0.2) is 12.1 Å². The summed E-state index contributed by atoms with van der Waals surface area (Å²) in [6.45, 7) is 3.39. The lowest BCUT2D eigenvalue weighted by molar-refractivity contribution is -0.140. The van der Waals surface area contributed by atoms with E-state index in [1.165, 1.54) is 0 Å². The van der Waals surface area contributed by atoms with Gasteiger partial charge >= 0.3 is 5.97 Å². The molecule has 0 aliphatic carbocycles. The highest BCUT2D eigenvalue weighted by Gasteiger charge is 2.23. The first-order valence-corrected chi connectivity index (χ1v) is 7.29. The van der Waals surface area contributed by atoms with Crippen molar-refractivity contribution in [2.75, 3.05) is 26.8 Å². The van der Waals surface area contributed by atoms with Crippen LogP contribution >= 0.6 is 0 Å². The maximum Gasteiger partial charge on any atom is 0.326 e. The summed E-state index contributed by atoms with van der Waals surface area (Å²) in [7, 11) is 1.86. The van der Waals surface area contributed by atoms with Crippen LogP contribution in [-0.2, 0) is 11.2 Å². The molecule has 2 N–H and O–H groups in total. The molecule has 0 radical (unpaired) electrons. The quantitative estimate of drug-likeness (QED) is 0.864. The van der Waals surface area contributed by atoms with Gasteiger partial charge in [-0.2, -0.15) is 0 Å². The summed E-state index contributed by atoms with van der Waals surface area (Å²) >= 11 is 0. The molecular weight excluding hydrogens is 286 g/mol. The molecule has 0 saturated carbocycles. The maximum atomic E-state index is 11.4. The van der Waals surface area contributed by atoms with E-state index >= 15 is 0 Å². The van der Waals surface area contributed by atoms with Crippen LogP contribution < -0.4 is 14.8 Å². The lowest BCUT2D eigenvalue weighted by atomic mass is 10.2. The molecule has 0 amide bonds. The lowest BCUT2D eigenvalue weighted by Gasteiger charge is -2.19. The number of nitrogens with zero attached hydrogens (tertiary/aromatic N) is 2. The molecular formula is C15H19N3O4. The third kappa shape index (κ3) is 2.48. The monoisotopic (exact) mass is 305 g/mol. The van der Waals surface area contributed by atoms with Gasteiger partial charge in [-0.25, -0.2) is 9.78 Å². The summed E-state index contributed by atoms with van der Waals surface area (Å²) in [5, 5.41) is 12.4. The summed E-state index contributed by atoms with van der Waals surface area (Å²) in [6.07, 6.45) is 0.648. The molecule has 7 heteroatoms. The van der Waals surface area contributed by atoms with Gasteiger partial charge in [-0.3, -0.25) is 0 Å². The smallest absolute Gasteiger partial charge is 0.326 e. The Morgan fingerprint density at radius 3 is 2.73 bits per heavy atom. The number of carboxylic acid groups (broad SMARTS) is 1. The van der Waals surface area contributed by atoms with E-state index in [1.807, 2.05) is 19.2 Å². The van der Waals surface area contributed by atoms with Crippen LogP contribution in [0.3, 0.4) is 0 Å². The van der Waals surface area contributed by atoms with E-state index in [-0.39, 0.29) is 0 Å². The van der Waals surface area contributed by atoms with Crippen molar-refractivity contribution in [2.24, 2.45) is 0 Å². The van der Waals surface area contributed by atoms with Crippen molar-refractivity contribution >= 4 is 17.0 Å². The number of likely N-dealkylation sites (N-methyl/N-ethyl adjacent to an activating group) is 1. The van der Waals surface area contributed by atoms with Crippen LogP contribution in [0.1, 0.15) is 18.8 Å². The van der Waals surface area contributed by atoms with Gasteiger partial charge in [-0.05, 0) is 14.0 Å². The standard InChI is InChI=1S/C15H19N3O4/c1-9(15(19)20)18-11-8-13-12(21-5-6-22-13)7-10(11)17-14(18)3-4-16-2/h7-9,16H,3-6H2,1-2H3,(H,19,20). The van der Waals surface area contributed by atoms with E-state index in [9.17, 15) is 9.90 Å². The van der Waals surface area contributed by atoms with E-state index in [0.29, 0.717) is 31.1 Å². The number of ether oxygens (including phenoxy) is 2. The molecule has 1 aromatic heterocycles. The number of fused-ring (bicyclic) bond motifs is 2. The molecule has 1 atom stereocenters. The average Bonchev–Trinajstić information content (AvgIpc) is 2.86. The predicted molar refractivity (Wildman–Crippen MR) is 80.7 cm³/mol. The van der Waals surface area contributed by atoms with Crippen molar-refractivity contribution < 1.29 is 19.4 Å². The summed E-state index contributed by atoms with van der Waals surface area (Å²) < 4.78 is 12.9. The largest absolute Gasteiger partial charge is 0.486 e. The van der Waals surface area contributed by atoms with Crippen LogP contribution in [0, 0.1) is 0 Å². The number of imidazole rings is 1. The second-order valence-corrected chi connectivity index (χ2v) is 5.25. The van der Waals surface area contributed by atoms with Crippen molar-refractivity contribution in [1.29, 1.82) is 0 Å². The molecule has 1 unspecified atom stereocenters. The molecule has 2 aromatic rings. The first-order valence-electron chi connectivity index (χ1n) is 7.29. The first kappa shape index (κ1) is 14.6. The highest BCUT2D eigenvalue weighted by Crippen LogP contribution is 2.35. The molecule has 0 spiro atoms. The molecule has 118 valence electrons. The molecule has 0 bridgehead atoms. The summed E-state index contributed by atoms with van der Waals surface area (Å²) in [5.74, 6) is 1.14. The third-order valence-electron chi connectivity index (χ3n) is 3.77. The van der Waals surface area contributed by atoms with Crippen molar-refractivity contribution in [1.82, 2.24) is 14.9 Å². The van der Waals surface area contributed by atoms with Crippen molar-refractivity contribution in [3.8, 4) is 11.5 Å². The Morgan fingerprint density at radius 2 is 2.09 bits per heavy atom. The second kappa shape index (κ2) is 5.84. The summed E-state index contributed by atoms with van der Waals surface area (Å²) in [6, 6.07) is 2.94. The maximum absolute atomic E-state index is 11.4. The Labute approximate surface area is 127 Å². The van der Waals surface area contributed by atoms with E-state index in [0.717, 1.165) is 23.4 Å². The Hall–Kier alpha value is -2.28. The topological polar surface area (TPSA) is 85.6 Å². The minimum absolute atomic E-state index is 0.494. The van der Waals surface area contributed by atoms with Crippen LogP contribution in [0.2, 0.25) is 0 Å². The number of hydrogen-bond donors (Lipinski definition) is 2. The molecule has 0 fully saturated rings. The van der Waals surface area contributed by atoms with Crippen molar-refractivity contribution in [3.63, 3.8) is 0 Å². The van der Waals surface area contributed by atoms with Crippen LogP contribution in [-0.4, -0.2) is 47.4 Å². The molecule has 3 rings (SSSR count). The van der Waals surface area contributed by atoms with Crippen molar-refractivity contribution in [3.05, 3.63) is 18.0 Å². The number of hydrogen-bond acceptors (Lipinski definition) is 5. The summed E-state index contributed by atoms with van der Waals surface area (Å²) in [4.78, 5) is 16.0. The van der Waals surface area contributed by atoms with E-state index in [2.05, 4.69) is 10.3 Å². The van der Waals surface area contributed by atoms with Crippen molar-refractivity contribution in [2.45, 2.75) is 19.4 Å². The number of rotatable bonds is 5. The normalized spacial score (nSPS) is 15.0. The Morgan fingerprint density at radius 1 is 1.41 bits per heavy atom. The third-order valence-corrected chi connectivity index (χ3v) is 3.77. The van der Waals surface area contributed by atoms with Gasteiger partial charge in [0.25, 0.3) is 0 Å². The number of aliphatic carboxylic acids is 1. The highest BCUT2D eigenvalue weighted by molar-refractivity contribution is 5.83. The molecule has 0 saturated heterocycles. The van der Waals surface area contributed by atoms with Gasteiger partial charge in [0.1, 0.15) is 25.1 Å². The van der Waals surface area contributed by atoms with Crippen LogP contribution in [0.25, 0.3) is 11.0 Å². The lowest BCUT2D eigenvalue weighted by Crippen LogP contribution is -2.20. The van der Waals surface area contributed by atoms with Gasteiger partial charge in [0.2, 0.25) is 0 Å². The minimum atomic E-state index is -0.889. The Kier molecular flexibility index (Phi) is 3.89. The Bertz CT molecular complexity index is 710. The first-order chi connectivity index (χ1) is 10.6. The number of carbonyl (C=O) groups is 1. The average molecular weight is 305 g/mol. The fraction of sp³-hybridized carbons (Fsp3) is 0.467. The highest BCUT2D eigenvalue weighted by atomic mass is 16.6. The van der Waals surface area contributed by atoms with Gasteiger partial charge < -0.3 is 24.5 Å². The zero-order chi connectivity index (χ0) is 15.7. The number of nitrogens with one attached hydrogen (secondary N) is 1. The fourth-order valence-electron chi connectivity index (χ4n) is 2.64. The van der Waals surface area contributed by atoms with Gasteiger partial charge in [0.05, 0.1) is 11.0 Å². The van der Waals surface area contributed by atoms with Gasteiger partial charge in [-0.1, -0.05) is 0 Å². The molecule has 22 heavy (non-hydrogen) atoms. The molecule has 2 heterocycles. The van der Waals surface area contributed by atoms with E-state index in [4.69, 9.17) is 9.47 Å². The fourth-order valence-corrected chi connectivity index (χ4v) is 2.64. The molecule has 1 aliphatic rings. The van der Waals surface area contributed by atoms with Gasteiger partial charge in [-0.15, -0.1) is 0 Å². The predicted octanol–water partition coefficient (Wildman–Crippen LogP) is 1.21. The zero-order valence-corrected chi connectivity index (χ0v) is 12.6. The van der Waals surface area contributed by atoms with E-state index in [1.54, 1.807) is 11.5 Å². The number of aromatic nitrogens is 2. The van der Waals surface area contributed by atoms with Gasteiger partial charge in [0.15, 0.2) is 11.5 Å². The zero-order valence-electron chi connectivity index (χ0n) is 12.6. The van der Waals surface area contributed by atoms with E-state index < -0.39 is 12.0 Å². The molecule has 1 aromatic carbocycles. The van der Waals surface area contributed by atoms with Crippen LogP contribution in [0.4, 0.5) is 0 Å². The number of benzene rings is 1. The minimum Gasteiger partial charge on any atom is -0.486 e. The number of carboxylic acids is 1. The second-order valence-electron chi connectivity index (χ2n) is 5.25. The van der Waals surface area contributed by atoms with Crippen LogP contribution in [0.5, 0.6) is 11.5 Å². The van der Waals surface area contributed by atoms with Gasteiger partial charge in [0, 0.05) is 25.1 Å². The SMILES string of the molecule is CNCCc1nc2cc3c(cc2n1C(C)C(=O)O)OCCO3.